The van der Waals surface area contributed by atoms with Crippen LogP contribution in [-0.4, -0.2) is 25.0 Å². The highest BCUT2D eigenvalue weighted by Crippen LogP contribution is 2.16. The van der Waals surface area contributed by atoms with Crippen molar-refractivity contribution in [3.8, 4) is 5.75 Å². The zero-order valence-corrected chi connectivity index (χ0v) is 13.8. The van der Waals surface area contributed by atoms with Crippen molar-refractivity contribution in [3.05, 3.63) is 75.9 Å². The van der Waals surface area contributed by atoms with Gasteiger partial charge in [0.1, 0.15) is 17.1 Å². The van der Waals surface area contributed by atoms with E-state index in [9.17, 15) is 14.7 Å². The molecule has 1 heterocycles. The van der Waals surface area contributed by atoms with Gasteiger partial charge in [-0.3, -0.25) is 4.79 Å². The van der Waals surface area contributed by atoms with Gasteiger partial charge in [0, 0.05) is 25.8 Å². The Hall–Kier alpha value is -3.08. The van der Waals surface area contributed by atoms with Gasteiger partial charge in [-0.25, -0.2) is 4.79 Å². The van der Waals surface area contributed by atoms with Gasteiger partial charge >= 0.3 is 5.63 Å². The summed E-state index contributed by atoms with van der Waals surface area (Å²) in [6.07, 6.45) is 6.25. The molecule has 0 radical (unpaired) electrons. The van der Waals surface area contributed by atoms with E-state index in [1.54, 1.807) is 6.08 Å². The zero-order valence-electron chi connectivity index (χ0n) is 13.8. The van der Waals surface area contributed by atoms with Crippen LogP contribution in [0.4, 0.5) is 5.69 Å². The highest BCUT2D eigenvalue weighted by Gasteiger charge is 2.15. The fourth-order valence-electron chi connectivity index (χ4n) is 2.10. The minimum absolute atomic E-state index is 0.249. The number of carbonyl (C=O) groups excluding carboxylic acids is 1. The molecule has 2 aromatic rings. The molecule has 0 atom stereocenters. The molecule has 0 amide bonds. The van der Waals surface area contributed by atoms with Crippen LogP contribution in [0.1, 0.15) is 21.7 Å². The molecule has 124 valence electrons. The van der Waals surface area contributed by atoms with Crippen LogP contribution in [0.2, 0.25) is 0 Å². The van der Waals surface area contributed by atoms with Crippen molar-refractivity contribution in [3.63, 3.8) is 0 Å². The number of hydrogen-bond donors (Lipinski definition) is 1. The molecule has 24 heavy (non-hydrogen) atoms. The Bertz CT molecular complexity index is 843. The molecule has 0 saturated heterocycles. The quantitative estimate of drug-likeness (QED) is 0.519. The van der Waals surface area contributed by atoms with Gasteiger partial charge < -0.3 is 14.4 Å². The summed E-state index contributed by atoms with van der Waals surface area (Å²) >= 11 is 0. The average molecular weight is 325 g/mol. The molecule has 0 saturated carbocycles. The van der Waals surface area contributed by atoms with E-state index in [-0.39, 0.29) is 17.1 Å². The molecular formula is C19H19NO4. The molecule has 2 rings (SSSR count). The van der Waals surface area contributed by atoms with Crippen LogP contribution >= 0.6 is 0 Å². The maximum absolute atomic E-state index is 12.0. The molecule has 0 unspecified atom stereocenters. The number of rotatable bonds is 5. The van der Waals surface area contributed by atoms with Gasteiger partial charge in [0.05, 0.1) is 0 Å². The third kappa shape index (κ3) is 4.23. The predicted molar refractivity (Wildman–Crippen MR) is 94.7 cm³/mol. The molecule has 5 heteroatoms. The van der Waals surface area contributed by atoms with Crippen molar-refractivity contribution in [2.24, 2.45) is 0 Å². The van der Waals surface area contributed by atoms with Crippen LogP contribution in [0.25, 0.3) is 6.08 Å². The van der Waals surface area contributed by atoms with Crippen molar-refractivity contribution in [1.82, 2.24) is 0 Å². The number of anilines is 1. The molecule has 5 nitrogen and oxygen atoms in total. The fourth-order valence-corrected chi connectivity index (χ4v) is 2.10. The van der Waals surface area contributed by atoms with Crippen molar-refractivity contribution in [2.45, 2.75) is 6.92 Å². The van der Waals surface area contributed by atoms with Gasteiger partial charge in [-0.05, 0) is 30.7 Å². The Balaban J connectivity index is 2.08. The standard InChI is InChI=1S/C19H19NO4/c1-13-12-17(22)18(19(23)24-13)16(21)7-5-4-6-14-8-10-15(11-9-14)20(2)3/h4-12,22H,1-3H3/b6-4+,7-5+. The smallest absolute Gasteiger partial charge is 0.351 e. The number of nitrogens with zero attached hydrogens (tertiary/aromatic N) is 1. The summed E-state index contributed by atoms with van der Waals surface area (Å²) in [7, 11) is 3.94. The van der Waals surface area contributed by atoms with Gasteiger partial charge in [-0.2, -0.15) is 0 Å². The molecule has 1 N–H and O–H groups in total. The molecule has 0 aliphatic heterocycles. The lowest BCUT2D eigenvalue weighted by atomic mass is 10.1. The Kier molecular flexibility index (Phi) is 5.37. The molecule has 1 aromatic heterocycles. The maximum atomic E-state index is 12.0. The summed E-state index contributed by atoms with van der Waals surface area (Å²) < 4.78 is 4.82. The fraction of sp³-hybridized carbons (Fsp3) is 0.158. The molecule has 0 aliphatic carbocycles. The first kappa shape index (κ1) is 17.3. The Morgan fingerprint density at radius 3 is 2.42 bits per heavy atom. The lowest BCUT2D eigenvalue weighted by Crippen LogP contribution is -2.12. The highest BCUT2D eigenvalue weighted by atomic mass is 16.4. The second-order valence-electron chi connectivity index (χ2n) is 5.47. The van der Waals surface area contributed by atoms with E-state index in [1.807, 2.05) is 49.3 Å². The number of carbonyl (C=O) groups is 1. The molecular weight excluding hydrogens is 306 g/mol. The summed E-state index contributed by atoms with van der Waals surface area (Å²) in [5.41, 5.74) is 0.876. The first-order valence-corrected chi connectivity index (χ1v) is 7.38. The van der Waals surface area contributed by atoms with Gasteiger partial charge in [0.15, 0.2) is 5.78 Å². The molecule has 0 aliphatic rings. The summed E-state index contributed by atoms with van der Waals surface area (Å²) in [4.78, 5) is 25.6. The molecule has 0 fully saturated rings. The van der Waals surface area contributed by atoms with E-state index in [4.69, 9.17) is 4.42 Å². The summed E-state index contributed by atoms with van der Waals surface area (Å²) in [6, 6.07) is 9.14. The van der Waals surface area contributed by atoms with Crippen molar-refractivity contribution < 1.29 is 14.3 Å². The van der Waals surface area contributed by atoms with E-state index >= 15 is 0 Å². The van der Waals surface area contributed by atoms with E-state index in [1.165, 1.54) is 25.1 Å². The normalized spacial score (nSPS) is 11.3. The van der Waals surface area contributed by atoms with Crippen LogP contribution < -0.4 is 10.5 Å². The van der Waals surface area contributed by atoms with E-state index in [2.05, 4.69) is 0 Å². The number of allylic oxidation sites excluding steroid dienone is 3. The first-order chi connectivity index (χ1) is 11.4. The topological polar surface area (TPSA) is 70.8 Å². The monoisotopic (exact) mass is 325 g/mol. The second kappa shape index (κ2) is 7.46. The van der Waals surface area contributed by atoms with Gasteiger partial charge in [-0.1, -0.05) is 30.4 Å². The number of aromatic hydroxyl groups is 1. The lowest BCUT2D eigenvalue weighted by Gasteiger charge is -2.11. The summed E-state index contributed by atoms with van der Waals surface area (Å²) in [5, 5.41) is 9.71. The molecule has 1 aromatic carbocycles. The van der Waals surface area contributed by atoms with Crippen LogP contribution in [0.15, 0.2) is 57.8 Å². The molecule has 0 bridgehead atoms. The number of ketones is 1. The summed E-state index contributed by atoms with van der Waals surface area (Å²) in [6.45, 7) is 1.52. The van der Waals surface area contributed by atoms with Crippen molar-refractivity contribution in [2.75, 3.05) is 19.0 Å². The predicted octanol–water partition coefficient (Wildman–Crippen LogP) is 3.17. The largest absolute Gasteiger partial charge is 0.507 e. The van der Waals surface area contributed by atoms with Crippen LogP contribution in [0.5, 0.6) is 5.75 Å². The molecule has 0 spiro atoms. The third-order valence-corrected chi connectivity index (χ3v) is 3.36. The Morgan fingerprint density at radius 1 is 1.17 bits per heavy atom. The van der Waals surface area contributed by atoms with E-state index < -0.39 is 11.4 Å². The Labute approximate surface area is 140 Å². The van der Waals surface area contributed by atoms with E-state index in [0.29, 0.717) is 0 Å². The van der Waals surface area contributed by atoms with Crippen molar-refractivity contribution in [1.29, 1.82) is 0 Å². The van der Waals surface area contributed by atoms with E-state index in [0.717, 1.165) is 11.3 Å². The zero-order chi connectivity index (χ0) is 17.7. The van der Waals surface area contributed by atoms with Crippen LogP contribution in [-0.2, 0) is 0 Å². The third-order valence-electron chi connectivity index (χ3n) is 3.36. The number of aryl methyl sites for hydroxylation is 1. The SMILES string of the molecule is Cc1cc(O)c(C(=O)/C=C/C=C/c2ccc(N(C)C)cc2)c(=O)o1. The highest BCUT2D eigenvalue weighted by molar-refractivity contribution is 6.06. The maximum Gasteiger partial charge on any atom is 0.351 e. The minimum atomic E-state index is -0.842. The number of benzene rings is 1. The first-order valence-electron chi connectivity index (χ1n) is 7.38. The number of hydrogen-bond acceptors (Lipinski definition) is 5. The van der Waals surface area contributed by atoms with Crippen LogP contribution in [0, 0.1) is 6.92 Å². The van der Waals surface area contributed by atoms with Gasteiger partial charge in [-0.15, -0.1) is 0 Å². The lowest BCUT2D eigenvalue weighted by molar-refractivity contribution is 0.104. The Morgan fingerprint density at radius 2 is 1.83 bits per heavy atom. The average Bonchev–Trinajstić information content (AvgIpc) is 2.51. The summed E-state index contributed by atoms with van der Waals surface area (Å²) in [5.74, 6) is -0.727. The van der Waals surface area contributed by atoms with Crippen LogP contribution in [0.3, 0.4) is 0 Å². The van der Waals surface area contributed by atoms with Gasteiger partial charge in [0.25, 0.3) is 0 Å². The minimum Gasteiger partial charge on any atom is -0.507 e. The second-order valence-corrected chi connectivity index (χ2v) is 5.47. The van der Waals surface area contributed by atoms with Gasteiger partial charge in [0.2, 0.25) is 0 Å². The van der Waals surface area contributed by atoms with Crippen molar-refractivity contribution >= 4 is 17.5 Å².